The molecule has 1 aromatic carbocycles. The summed E-state index contributed by atoms with van der Waals surface area (Å²) in [6.07, 6.45) is 4.60. The van der Waals surface area contributed by atoms with E-state index in [2.05, 4.69) is 5.32 Å². The van der Waals surface area contributed by atoms with Crippen LogP contribution >= 0.6 is 0 Å². The van der Waals surface area contributed by atoms with E-state index >= 15 is 0 Å². The smallest absolute Gasteiger partial charge is 0.252 e. The summed E-state index contributed by atoms with van der Waals surface area (Å²) in [5.41, 5.74) is 0.829. The van der Waals surface area contributed by atoms with Gasteiger partial charge in [0, 0.05) is 12.2 Å². The molecule has 2 N–H and O–H groups in total. The summed E-state index contributed by atoms with van der Waals surface area (Å²) in [6.45, 7) is 0.617. The average molecular weight is 302 g/mol. The van der Waals surface area contributed by atoms with Crippen molar-refractivity contribution in [3.8, 4) is 0 Å². The first-order valence-electron chi connectivity index (χ1n) is 7.99. The van der Waals surface area contributed by atoms with E-state index in [4.69, 9.17) is 0 Å². The van der Waals surface area contributed by atoms with Gasteiger partial charge in [-0.25, -0.2) is 0 Å². The summed E-state index contributed by atoms with van der Waals surface area (Å²) in [6, 6.07) is 7.88. The number of carbonyl (C=O) groups is 2. The van der Waals surface area contributed by atoms with E-state index in [0.717, 1.165) is 31.4 Å². The van der Waals surface area contributed by atoms with Crippen molar-refractivity contribution in [2.75, 3.05) is 18.0 Å². The summed E-state index contributed by atoms with van der Waals surface area (Å²) in [5.74, 6) is -0.536. The van der Waals surface area contributed by atoms with Crippen LogP contribution in [0.4, 0.5) is 5.69 Å². The molecule has 0 aromatic heterocycles. The number of para-hydroxylation sites is 1. The molecule has 1 fully saturated rings. The number of aryl methyl sites for hydroxylation is 1. The zero-order valence-electron chi connectivity index (χ0n) is 12.7. The topological polar surface area (TPSA) is 69.6 Å². The zero-order chi connectivity index (χ0) is 15.6. The monoisotopic (exact) mass is 302 g/mol. The molecule has 5 nitrogen and oxygen atoms in total. The van der Waals surface area contributed by atoms with Gasteiger partial charge in [-0.3, -0.25) is 9.59 Å². The van der Waals surface area contributed by atoms with Gasteiger partial charge in [0.05, 0.1) is 6.54 Å². The maximum Gasteiger partial charge on any atom is 0.252 e. The molecule has 118 valence electrons. The van der Waals surface area contributed by atoms with Crippen molar-refractivity contribution in [1.82, 2.24) is 5.32 Å². The molecule has 22 heavy (non-hydrogen) atoms. The van der Waals surface area contributed by atoms with Crippen LogP contribution in [-0.2, 0) is 16.0 Å². The first-order valence-corrected chi connectivity index (χ1v) is 7.99. The number of hydrogen-bond acceptors (Lipinski definition) is 3. The largest absolute Gasteiger partial charge is 0.380 e. The SMILES string of the molecule is O=C(CNC(=O)C1(O)CCCC1)N1CCCc2ccccc21. The lowest BCUT2D eigenvalue weighted by atomic mass is 10.0. The molecule has 1 saturated carbocycles. The Hall–Kier alpha value is -1.88. The van der Waals surface area contributed by atoms with E-state index < -0.39 is 11.5 Å². The Morgan fingerprint density at radius 2 is 1.91 bits per heavy atom. The van der Waals surface area contributed by atoms with E-state index in [0.29, 0.717) is 19.4 Å². The van der Waals surface area contributed by atoms with Crippen LogP contribution in [0.15, 0.2) is 24.3 Å². The zero-order valence-corrected chi connectivity index (χ0v) is 12.7. The maximum atomic E-state index is 12.4. The predicted octanol–water partition coefficient (Wildman–Crippen LogP) is 1.39. The van der Waals surface area contributed by atoms with Gasteiger partial charge in [0.15, 0.2) is 0 Å². The third-order valence-corrected chi connectivity index (χ3v) is 4.66. The van der Waals surface area contributed by atoms with Crippen LogP contribution in [0.25, 0.3) is 0 Å². The fourth-order valence-corrected chi connectivity index (χ4v) is 3.40. The molecule has 1 aromatic rings. The minimum absolute atomic E-state index is 0.0600. The number of carbonyl (C=O) groups excluding carboxylic acids is 2. The predicted molar refractivity (Wildman–Crippen MR) is 83.5 cm³/mol. The number of rotatable bonds is 3. The standard InChI is InChI=1S/C17H22N2O3/c20-15(12-18-16(21)17(22)9-3-4-10-17)19-11-5-7-13-6-1-2-8-14(13)19/h1-2,6,8,22H,3-5,7,9-12H2,(H,18,21). The molecule has 0 spiro atoms. The molecule has 0 atom stereocenters. The molecule has 0 saturated heterocycles. The molecule has 0 unspecified atom stereocenters. The fourth-order valence-electron chi connectivity index (χ4n) is 3.40. The minimum Gasteiger partial charge on any atom is -0.380 e. The van der Waals surface area contributed by atoms with Gasteiger partial charge in [-0.05, 0) is 50.2 Å². The minimum atomic E-state index is -1.28. The van der Waals surface area contributed by atoms with Gasteiger partial charge in [0.25, 0.3) is 5.91 Å². The number of anilines is 1. The van der Waals surface area contributed by atoms with Crippen molar-refractivity contribution in [3.63, 3.8) is 0 Å². The molecule has 0 bridgehead atoms. The number of nitrogens with zero attached hydrogens (tertiary/aromatic N) is 1. The normalized spacial score (nSPS) is 19.6. The van der Waals surface area contributed by atoms with Gasteiger partial charge in [0.2, 0.25) is 5.91 Å². The molecular weight excluding hydrogens is 280 g/mol. The average Bonchev–Trinajstić information content (AvgIpc) is 2.99. The van der Waals surface area contributed by atoms with Gasteiger partial charge in [-0.1, -0.05) is 18.2 Å². The summed E-state index contributed by atoms with van der Waals surface area (Å²) < 4.78 is 0. The Labute approximate surface area is 130 Å². The summed E-state index contributed by atoms with van der Waals surface area (Å²) in [7, 11) is 0. The molecule has 2 amide bonds. The molecule has 1 heterocycles. The third kappa shape index (κ3) is 2.86. The number of amides is 2. The van der Waals surface area contributed by atoms with Crippen molar-refractivity contribution in [2.45, 2.75) is 44.1 Å². The quantitative estimate of drug-likeness (QED) is 0.886. The van der Waals surface area contributed by atoms with Crippen LogP contribution in [0.3, 0.4) is 0 Å². The highest BCUT2D eigenvalue weighted by atomic mass is 16.3. The van der Waals surface area contributed by atoms with Crippen molar-refractivity contribution in [3.05, 3.63) is 29.8 Å². The lowest BCUT2D eigenvalue weighted by Gasteiger charge is -2.30. The number of nitrogens with one attached hydrogen (secondary N) is 1. The van der Waals surface area contributed by atoms with Crippen LogP contribution in [0.2, 0.25) is 0 Å². The van der Waals surface area contributed by atoms with Gasteiger partial charge >= 0.3 is 0 Å². The Morgan fingerprint density at radius 1 is 1.18 bits per heavy atom. The van der Waals surface area contributed by atoms with Crippen LogP contribution < -0.4 is 10.2 Å². The Morgan fingerprint density at radius 3 is 2.68 bits per heavy atom. The second-order valence-corrected chi connectivity index (χ2v) is 6.20. The third-order valence-electron chi connectivity index (χ3n) is 4.66. The molecule has 1 aliphatic heterocycles. The van der Waals surface area contributed by atoms with Crippen molar-refractivity contribution < 1.29 is 14.7 Å². The molecule has 2 aliphatic rings. The summed E-state index contributed by atoms with van der Waals surface area (Å²) in [4.78, 5) is 26.2. The Kier molecular flexibility index (Phi) is 4.16. The van der Waals surface area contributed by atoms with Gasteiger partial charge in [-0.2, -0.15) is 0 Å². The highest BCUT2D eigenvalue weighted by Crippen LogP contribution is 2.29. The molecule has 1 aliphatic carbocycles. The number of fused-ring (bicyclic) bond motifs is 1. The van der Waals surface area contributed by atoms with Crippen molar-refractivity contribution in [2.24, 2.45) is 0 Å². The van der Waals surface area contributed by atoms with Crippen LogP contribution in [0.1, 0.15) is 37.7 Å². The first kappa shape index (κ1) is 15.0. The van der Waals surface area contributed by atoms with Gasteiger partial charge < -0.3 is 15.3 Å². The van der Waals surface area contributed by atoms with E-state index in [1.54, 1.807) is 4.90 Å². The second kappa shape index (κ2) is 6.08. The van der Waals surface area contributed by atoms with Crippen LogP contribution in [-0.4, -0.2) is 35.6 Å². The Balaban J connectivity index is 1.62. The highest BCUT2D eigenvalue weighted by molar-refractivity contribution is 5.98. The van der Waals surface area contributed by atoms with Crippen LogP contribution in [0.5, 0.6) is 0 Å². The number of benzene rings is 1. The summed E-state index contributed by atoms with van der Waals surface area (Å²) in [5, 5.41) is 12.8. The van der Waals surface area contributed by atoms with Crippen molar-refractivity contribution in [1.29, 1.82) is 0 Å². The van der Waals surface area contributed by atoms with Crippen molar-refractivity contribution >= 4 is 17.5 Å². The highest BCUT2D eigenvalue weighted by Gasteiger charge is 2.39. The second-order valence-electron chi connectivity index (χ2n) is 6.20. The Bertz CT molecular complexity index is 579. The molecular formula is C17H22N2O3. The van der Waals surface area contributed by atoms with E-state index in [1.807, 2.05) is 24.3 Å². The maximum absolute atomic E-state index is 12.4. The van der Waals surface area contributed by atoms with E-state index in [1.165, 1.54) is 5.56 Å². The first-order chi connectivity index (χ1) is 10.6. The van der Waals surface area contributed by atoms with E-state index in [9.17, 15) is 14.7 Å². The molecule has 3 rings (SSSR count). The molecule has 5 heteroatoms. The number of aliphatic hydroxyl groups is 1. The lowest BCUT2D eigenvalue weighted by Crippen LogP contribution is -2.49. The lowest BCUT2D eigenvalue weighted by molar-refractivity contribution is -0.140. The van der Waals surface area contributed by atoms with E-state index in [-0.39, 0.29) is 12.5 Å². The van der Waals surface area contributed by atoms with Gasteiger partial charge in [-0.15, -0.1) is 0 Å². The summed E-state index contributed by atoms with van der Waals surface area (Å²) >= 11 is 0. The fraction of sp³-hybridized carbons (Fsp3) is 0.529. The van der Waals surface area contributed by atoms with Crippen LogP contribution in [0, 0.1) is 0 Å². The van der Waals surface area contributed by atoms with Gasteiger partial charge in [0.1, 0.15) is 5.60 Å². The molecule has 0 radical (unpaired) electrons. The number of hydrogen-bond donors (Lipinski definition) is 2.